The minimum atomic E-state index is -0.523. The summed E-state index contributed by atoms with van der Waals surface area (Å²) in [6.45, 7) is 4.81. The van der Waals surface area contributed by atoms with Crippen LogP contribution in [0.25, 0.3) is 10.9 Å². The van der Waals surface area contributed by atoms with E-state index in [4.69, 9.17) is 9.47 Å². The Hall–Kier alpha value is -4.08. The van der Waals surface area contributed by atoms with Gasteiger partial charge in [-0.05, 0) is 44.2 Å². The van der Waals surface area contributed by atoms with Crippen LogP contribution >= 0.6 is 0 Å². The van der Waals surface area contributed by atoms with Gasteiger partial charge in [0.05, 0.1) is 30.8 Å². The molecule has 0 aliphatic carbocycles. The normalized spacial score (nSPS) is 10.8. The number of fused-ring (bicyclic) bond motifs is 1. The van der Waals surface area contributed by atoms with E-state index >= 15 is 0 Å². The summed E-state index contributed by atoms with van der Waals surface area (Å²) in [5, 5.41) is 2.98. The smallest absolute Gasteiger partial charge is 0.330 e. The lowest BCUT2D eigenvalue weighted by Gasteiger charge is -2.21. The summed E-state index contributed by atoms with van der Waals surface area (Å²) in [7, 11) is 5.81. The summed E-state index contributed by atoms with van der Waals surface area (Å²) in [6.07, 6.45) is 0. The van der Waals surface area contributed by atoms with E-state index in [1.807, 2.05) is 13.8 Å². The molecule has 0 unspecified atom stereocenters. The maximum absolute atomic E-state index is 13.1. The monoisotopic (exact) mass is 468 g/mol. The Morgan fingerprint density at radius 2 is 1.62 bits per heavy atom. The number of rotatable bonds is 7. The molecular formula is C24H28N4O6. The molecule has 0 aliphatic heterocycles. The maximum atomic E-state index is 13.1. The van der Waals surface area contributed by atoms with Gasteiger partial charge in [-0.2, -0.15) is 0 Å². The van der Waals surface area contributed by atoms with Crippen LogP contribution in [0.15, 0.2) is 39.9 Å². The number of hydrogen-bond donors (Lipinski definition) is 1. The van der Waals surface area contributed by atoms with Crippen molar-refractivity contribution in [1.82, 2.24) is 14.0 Å². The largest absolute Gasteiger partial charge is 0.493 e. The molecule has 0 fully saturated rings. The second-order valence-corrected chi connectivity index (χ2v) is 7.63. The molecule has 0 saturated carbocycles. The number of nitrogens with zero attached hydrogens (tertiary/aromatic N) is 3. The average molecular weight is 469 g/mol. The van der Waals surface area contributed by atoms with Gasteiger partial charge in [-0.25, -0.2) is 4.79 Å². The van der Waals surface area contributed by atoms with E-state index in [0.717, 1.165) is 4.57 Å². The summed E-state index contributed by atoms with van der Waals surface area (Å²) in [5.41, 5.74) is 0.232. The molecule has 3 rings (SSSR count). The molecule has 2 amide bonds. The van der Waals surface area contributed by atoms with Gasteiger partial charge in [0, 0.05) is 38.3 Å². The highest BCUT2D eigenvalue weighted by atomic mass is 16.5. The van der Waals surface area contributed by atoms with Crippen molar-refractivity contribution < 1.29 is 19.1 Å². The van der Waals surface area contributed by atoms with Gasteiger partial charge in [0.1, 0.15) is 0 Å². The minimum absolute atomic E-state index is 0.199. The Balaban J connectivity index is 2.08. The first kappa shape index (κ1) is 24.6. The molecule has 1 N–H and O–H groups in total. The quantitative estimate of drug-likeness (QED) is 0.568. The predicted octanol–water partition coefficient (Wildman–Crippen LogP) is 1.99. The van der Waals surface area contributed by atoms with E-state index in [-0.39, 0.29) is 34.0 Å². The summed E-state index contributed by atoms with van der Waals surface area (Å²) >= 11 is 0. The molecule has 0 spiro atoms. The fourth-order valence-corrected chi connectivity index (χ4v) is 3.81. The van der Waals surface area contributed by atoms with Crippen LogP contribution in [0.5, 0.6) is 11.5 Å². The molecule has 0 atom stereocenters. The number of hydrogen-bond acceptors (Lipinski definition) is 6. The molecule has 0 bridgehead atoms. The first-order valence-electron chi connectivity index (χ1n) is 10.7. The van der Waals surface area contributed by atoms with E-state index in [1.165, 1.54) is 44.0 Å². The third kappa shape index (κ3) is 4.26. The second kappa shape index (κ2) is 9.82. The van der Waals surface area contributed by atoms with Gasteiger partial charge in [-0.15, -0.1) is 0 Å². The molecule has 1 aromatic heterocycles. The van der Waals surface area contributed by atoms with Crippen LogP contribution in [0.4, 0.5) is 5.69 Å². The van der Waals surface area contributed by atoms with Gasteiger partial charge in [-0.1, -0.05) is 0 Å². The minimum Gasteiger partial charge on any atom is -0.493 e. The first-order chi connectivity index (χ1) is 16.2. The van der Waals surface area contributed by atoms with Crippen LogP contribution in [0.1, 0.15) is 34.6 Å². The van der Waals surface area contributed by atoms with E-state index < -0.39 is 17.2 Å². The van der Waals surface area contributed by atoms with Crippen LogP contribution in [-0.2, 0) is 14.1 Å². The van der Waals surface area contributed by atoms with Gasteiger partial charge in [0.15, 0.2) is 11.5 Å². The van der Waals surface area contributed by atoms with Crippen molar-refractivity contribution in [3.05, 3.63) is 62.3 Å². The van der Waals surface area contributed by atoms with Gasteiger partial charge in [0.25, 0.3) is 17.4 Å². The van der Waals surface area contributed by atoms with Gasteiger partial charge < -0.3 is 19.7 Å². The van der Waals surface area contributed by atoms with Crippen LogP contribution in [0, 0.1) is 0 Å². The molecular weight excluding hydrogens is 440 g/mol. The first-order valence-corrected chi connectivity index (χ1v) is 10.7. The summed E-state index contributed by atoms with van der Waals surface area (Å²) < 4.78 is 13.1. The number of amides is 2. The highest BCUT2D eigenvalue weighted by molar-refractivity contribution is 6.08. The van der Waals surface area contributed by atoms with Crippen molar-refractivity contribution >= 4 is 28.4 Å². The highest BCUT2D eigenvalue weighted by Gasteiger charge is 2.21. The zero-order valence-corrected chi connectivity index (χ0v) is 20.1. The standard InChI is InChI=1S/C24H28N4O6/c1-7-28(8-2)22(30)15-12-17(20(34-6)19(13-15)33-5)25-21(29)14-9-10-18-16(11-14)23(31)27(4)24(32)26(18)3/h9-13H,7-8H2,1-6H3,(H,25,29). The molecule has 0 saturated heterocycles. The number of methoxy groups -OCH3 is 2. The van der Waals surface area contributed by atoms with Crippen LogP contribution in [0.2, 0.25) is 0 Å². The molecule has 10 heteroatoms. The third-order valence-corrected chi connectivity index (χ3v) is 5.75. The third-order valence-electron chi connectivity index (χ3n) is 5.75. The average Bonchev–Trinajstić information content (AvgIpc) is 2.85. The Kier molecular flexibility index (Phi) is 7.09. The SMILES string of the molecule is CCN(CC)C(=O)c1cc(NC(=O)c2ccc3c(c2)c(=O)n(C)c(=O)n3C)c(OC)c(OC)c1. The summed E-state index contributed by atoms with van der Waals surface area (Å²) in [4.78, 5) is 52.4. The Labute approximate surface area is 196 Å². The number of ether oxygens (including phenoxy) is 2. The van der Waals surface area contributed by atoms with Crippen molar-refractivity contribution in [3.8, 4) is 11.5 Å². The summed E-state index contributed by atoms with van der Waals surface area (Å²) in [6, 6.07) is 7.59. The van der Waals surface area contributed by atoms with E-state index in [2.05, 4.69) is 5.32 Å². The fraction of sp³-hybridized carbons (Fsp3) is 0.333. The lowest BCUT2D eigenvalue weighted by atomic mass is 10.1. The predicted molar refractivity (Wildman–Crippen MR) is 129 cm³/mol. The van der Waals surface area contributed by atoms with Crippen molar-refractivity contribution in [2.24, 2.45) is 14.1 Å². The van der Waals surface area contributed by atoms with E-state index in [0.29, 0.717) is 24.2 Å². The Morgan fingerprint density at radius 3 is 2.21 bits per heavy atom. The number of anilines is 1. The molecule has 2 aromatic carbocycles. The zero-order valence-electron chi connectivity index (χ0n) is 20.1. The number of benzene rings is 2. The van der Waals surface area contributed by atoms with Crippen LogP contribution in [-0.4, -0.2) is 53.2 Å². The van der Waals surface area contributed by atoms with Crippen molar-refractivity contribution in [3.63, 3.8) is 0 Å². The zero-order chi connectivity index (χ0) is 25.2. The highest BCUT2D eigenvalue weighted by Crippen LogP contribution is 2.37. The van der Waals surface area contributed by atoms with Gasteiger partial charge >= 0.3 is 5.69 Å². The molecule has 10 nitrogen and oxygen atoms in total. The number of aryl methyl sites for hydroxylation is 1. The van der Waals surface area contributed by atoms with Crippen molar-refractivity contribution in [2.45, 2.75) is 13.8 Å². The van der Waals surface area contributed by atoms with Crippen LogP contribution < -0.4 is 26.0 Å². The number of carbonyl (C=O) groups excluding carboxylic acids is 2. The molecule has 0 radical (unpaired) electrons. The van der Waals surface area contributed by atoms with Crippen molar-refractivity contribution in [2.75, 3.05) is 32.6 Å². The lowest BCUT2D eigenvalue weighted by Crippen LogP contribution is -2.37. The molecule has 0 aliphatic rings. The number of aromatic nitrogens is 2. The maximum Gasteiger partial charge on any atom is 0.330 e. The lowest BCUT2D eigenvalue weighted by molar-refractivity contribution is 0.0772. The molecule has 1 heterocycles. The Bertz CT molecular complexity index is 1380. The van der Waals surface area contributed by atoms with E-state index in [1.54, 1.807) is 24.1 Å². The fourth-order valence-electron chi connectivity index (χ4n) is 3.81. The second-order valence-electron chi connectivity index (χ2n) is 7.63. The number of nitrogens with one attached hydrogen (secondary N) is 1. The molecule has 3 aromatic rings. The van der Waals surface area contributed by atoms with Crippen molar-refractivity contribution in [1.29, 1.82) is 0 Å². The van der Waals surface area contributed by atoms with Gasteiger partial charge in [0.2, 0.25) is 0 Å². The number of carbonyl (C=O) groups is 2. The molecule has 34 heavy (non-hydrogen) atoms. The van der Waals surface area contributed by atoms with E-state index in [9.17, 15) is 19.2 Å². The van der Waals surface area contributed by atoms with Crippen LogP contribution in [0.3, 0.4) is 0 Å². The topological polar surface area (TPSA) is 112 Å². The Morgan fingerprint density at radius 1 is 0.941 bits per heavy atom. The van der Waals surface area contributed by atoms with Gasteiger partial charge in [-0.3, -0.25) is 23.5 Å². The summed E-state index contributed by atoms with van der Waals surface area (Å²) in [5.74, 6) is -0.189. The molecule has 180 valence electrons.